The van der Waals surface area contributed by atoms with Crippen LogP contribution in [0.5, 0.6) is 5.88 Å². The number of hydrogen-bond donors (Lipinski definition) is 1. The molecule has 1 unspecified atom stereocenters. The minimum atomic E-state index is -0.502. The van der Waals surface area contributed by atoms with Crippen molar-refractivity contribution in [3.63, 3.8) is 0 Å². The van der Waals surface area contributed by atoms with E-state index < -0.39 is 11.7 Å². The zero-order chi connectivity index (χ0) is 17.8. The third-order valence-electron chi connectivity index (χ3n) is 3.57. The molecule has 1 aromatic rings. The Bertz CT molecular complexity index is 549. The zero-order valence-corrected chi connectivity index (χ0v) is 15.2. The quantitative estimate of drug-likeness (QED) is 0.912. The van der Waals surface area contributed by atoms with E-state index in [1.807, 2.05) is 32.9 Å². The van der Waals surface area contributed by atoms with Gasteiger partial charge in [-0.15, -0.1) is 0 Å². The van der Waals surface area contributed by atoms with Crippen LogP contribution in [0, 0.1) is 0 Å². The van der Waals surface area contributed by atoms with E-state index in [0.29, 0.717) is 19.0 Å². The Balaban J connectivity index is 1.81. The van der Waals surface area contributed by atoms with Crippen molar-refractivity contribution < 1.29 is 19.0 Å². The van der Waals surface area contributed by atoms with Crippen LogP contribution in [-0.2, 0) is 16.0 Å². The second kappa shape index (κ2) is 7.38. The van der Waals surface area contributed by atoms with Crippen molar-refractivity contribution in [2.45, 2.75) is 71.3 Å². The molecule has 1 N–H and O–H groups in total. The second-order valence-electron chi connectivity index (χ2n) is 7.70. The van der Waals surface area contributed by atoms with Gasteiger partial charge < -0.3 is 19.5 Å². The van der Waals surface area contributed by atoms with E-state index in [-0.39, 0.29) is 11.7 Å². The molecule has 0 bridgehead atoms. The molecule has 0 saturated carbocycles. The smallest absolute Gasteiger partial charge is 0.407 e. The van der Waals surface area contributed by atoms with Crippen molar-refractivity contribution in [2.75, 3.05) is 6.61 Å². The first kappa shape index (κ1) is 18.5. The Labute approximate surface area is 143 Å². The lowest BCUT2D eigenvalue weighted by Crippen LogP contribution is -2.39. The van der Waals surface area contributed by atoms with Gasteiger partial charge in [-0.2, -0.15) is 0 Å². The highest BCUT2D eigenvalue weighted by atomic mass is 16.6. The Morgan fingerprint density at radius 1 is 1.42 bits per heavy atom. The SMILES string of the molecule is CC(C)(C)OC(=O)NCc1ccc(OC2CCOC(C)(C)C2)nc1. The van der Waals surface area contributed by atoms with E-state index in [1.165, 1.54) is 0 Å². The van der Waals surface area contributed by atoms with Gasteiger partial charge in [-0.1, -0.05) is 6.07 Å². The molecule has 1 fully saturated rings. The summed E-state index contributed by atoms with van der Waals surface area (Å²) < 4.78 is 16.8. The van der Waals surface area contributed by atoms with Crippen LogP contribution in [0.25, 0.3) is 0 Å². The van der Waals surface area contributed by atoms with Crippen molar-refractivity contribution in [3.05, 3.63) is 23.9 Å². The predicted molar refractivity (Wildman–Crippen MR) is 91.0 cm³/mol. The van der Waals surface area contributed by atoms with Crippen molar-refractivity contribution in [1.82, 2.24) is 10.3 Å². The molecule has 2 heterocycles. The summed E-state index contributed by atoms with van der Waals surface area (Å²) in [7, 11) is 0. The van der Waals surface area contributed by atoms with Gasteiger partial charge >= 0.3 is 6.09 Å². The molecule has 6 heteroatoms. The maximum absolute atomic E-state index is 11.6. The Morgan fingerprint density at radius 2 is 2.17 bits per heavy atom. The zero-order valence-electron chi connectivity index (χ0n) is 15.2. The van der Waals surface area contributed by atoms with Crippen LogP contribution in [0.15, 0.2) is 18.3 Å². The lowest BCUT2D eigenvalue weighted by atomic mass is 9.96. The van der Waals surface area contributed by atoms with Gasteiger partial charge in [-0.3, -0.25) is 0 Å². The van der Waals surface area contributed by atoms with Gasteiger partial charge in [0.05, 0.1) is 12.2 Å². The summed E-state index contributed by atoms with van der Waals surface area (Å²) in [5.74, 6) is 0.596. The lowest BCUT2D eigenvalue weighted by Gasteiger charge is -2.35. The Hall–Kier alpha value is -1.82. The highest BCUT2D eigenvalue weighted by Crippen LogP contribution is 2.26. The van der Waals surface area contributed by atoms with Gasteiger partial charge in [0.25, 0.3) is 0 Å². The van der Waals surface area contributed by atoms with E-state index in [9.17, 15) is 4.79 Å². The molecule has 0 radical (unpaired) electrons. The fraction of sp³-hybridized carbons (Fsp3) is 0.667. The molecule has 0 aromatic carbocycles. The van der Waals surface area contributed by atoms with Gasteiger partial charge in [0.1, 0.15) is 11.7 Å². The molecule has 134 valence electrons. The van der Waals surface area contributed by atoms with E-state index >= 15 is 0 Å². The summed E-state index contributed by atoms with van der Waals surface area (Å²) in [6.45, 7) is 10.7. The van der Waals surface area contributed by atoms with E-state index in [1.54, 1.807) is 6.20 Å². The maximum atomic E-state index is 11.6. The maximum Gasteiger partial charge on any atom is 0.407 e. The number of ether oxygens (including phenoxy) is 3. The number of pyridine rings is 1. The average Bonchev–Trinajstić information content (AvgIpc) is 2.44. The highest BCUT2D eigenvalue weighted by molar-refractivity contribution is 5.67. The first-order valence-electron chi connectivity index (χ1n) is 8.35. The van der Waals surface area contributed by atoms with Crippen molar-refractivity contribution in [1.29, 1.82) is 0 Å². The van der Waals surface area contributed by atoms with Gasteiger partial charge in [0.15, 0.2) is 0 Å². The van der Waals surface area contributed by atoms with Crippen molar-refractivity contribution in [3.8, 4) is 5.88 Å². The summed E-state index contributed by atoms with van der Waals surface area (Å²) in [6.07, 6.45) is 3.10. The van der Waals surface area contributed by atoms with Crippen LogP contribution in [0.4, 0.5) is 4.79 Å². The number of amides is 1. The Morgan fingerprint density at radius 3 is 2.75 bits per heavy atom. The predicted octanol–water partition coefficient (Wildman–Crippen LogP) is 3.44. The topological polar surface area (TPSA) is 69.7 Å². The molecule has 1 aliphatic heterocycles. The van der Waals surface area contributed by atoms with Crippen LogP contribution < -0.4 is 10.1 Å². The van der Waals surface area contributed by atoms with E-state index in [4.69, 9.17) is 14.2 Å². The van der Waals surface area contributed by atoms with Gasteiger partial charge in [0, 0.05) is 31.6 Å². The standard InChI is InChI=1S/C18H28N2O4/c1-17(2,3)24-16(21)20-12-13-6-7-15(19-11-13)23-14-8-9-22-18(4,5)10-14/h6-7,11,14H,8-10,12H2,1-5H3,(H,20,21). The lowest BCUT2D eigenvalue weighted by molar-refractivity contribution is -0.0904. The number of nitrogens with one attached hydrogen (secondary N) is 1. The number of alkyl carbamates (subject to hydrolysis) is 1. The van der Waals surface area contributed by atoms with Crippen molar-refractivity contribution >= 4 is 6.09 Å². The molecular formula is C18H28N2O4. The minimum Gasteiger partial charge on any atom is -0.474 e. The second-order valence-corrected chi connectivity index (χ2v) is 7.70. The summed E-state index contributed by atoms with van der Waals surface area (Å²) in [5.41, 5.74) is 0.234. The highest BCUT2D eigenvalue weighted by Gasteiger charge is 2.30. The molecule has 1 saturated heterocycles. The molecule has 6 nitrogen and oxygen atoms in total. The first-order chi connectivity index (χ1) is 11.1. The fourth-order valence-electron chi connectivity index (χ4n) is 2.52. The normalized spacial score (nSPS) is 20.3. The molecule has 1 aromatic heterocycles. The monoisotopic (exact) mass is 336 g/mol. The number of carbonyl (C=O) groups excluding carboxylic acids is 1. The summed E-state index contributed by atoms with van der Waals surface area (Å²) in [5, 5.41) is 2.71. The Kier molecular flexibility index (Phi) is 5.70. The molecule has 1 aliphatic rings. The summed E-state index contributed by atoms with van der Waals surface area (Å²) in [4.78, 5) is 16.0. The number of carbonyl (C=O) groups is 1. The molecule has 0 aliphatic carbocycles. The largest absolute Gasteiger partial charge is 0.474 e. The summed E-state index contributed by atoms with van der Waals surface area (Å²) in [6, 6.07) is 3.72. The molecular weight excluding hydrogens is 308 g/mol. The van der Waals surface area contributed by atoms with Gasteiger partial charge in [-0.25, -0.2) is 9.78 Å². The van der Waals surface area contributed by atoms with Gasteiger partial charge in [0.2, 0.25) is 5.88 Å². The van der Waals surface area contributed by atoms with Crippen LogP contribution in [-0.4, -0.2) is 35.0 Å². The molecule has 1 amide bonds. The van der Waals surface area contributed by atoms with Crippen LogP contribution in [0.1, 0.15) is 53.0 Å². The molecule has 24 heavy (non-hydrogen) atoms. The molecule has 2 rings (SSSR count). The van der Waals surface area contributed by atoms with Gasteiger partial charge in [-0.05, 0) is 40.2 Å². The van der Waals surface area contributed by atoms with Crippen LogP contribution in [0.3, 0.4) is 0 Å². The third-order valence-corrected chi connectivity index (χ3v) is 3.57. The molecule has 1 atom stereocenters. The minimum absolute atomic E-state index is 0.118. The van der Waals surface area contributed by atoms with E-state index in [0.717, 1.165) is 18.4 Å². The molecule has 0 spiro atoms. The number of aromatic nitrogens is 1. The number of nitrogens with zero attached hydrogens (tertiary/aromatic N) is 1. The van der Waals surface area contributed by atoms with Crippen LogP contribution >= 0.6 is 0 Å². The number of rotatable bonds is 4. The number of hydrogen-bond acceptors (Lipinski definition) is 5. The van der Waals surface area contributed by atoms with Crippen molar-refractivity contribution in [2.24, 2.45) is 0 Å². The first-order valence-corrected chi connectivity index (χ1v) is 8.35. The summed E-state index contributed by atoms with van der Waals surface area (Å²) >= 11 is 0. The third kappa shape index (κ3) is 6.35. The van der Waals surface area contributed by atoms with E-state index in [2.05, 4.69) is 24.1 Å². The van der Waals surface area contributed by atoms with Crippen LogP contribution in [0.2, 0.25) is 0 Å². The average molecular weight is 336 g/mol. The fourth-order valence-corrected chi connectivity index (χ4v) is 2.52.